The molecule has 0 amide bonds. The molecule has 0 spiro atoms. The molecule has 1 atom stereocenters. The molecule has 6 heteroatoms. The molecule has 1 aliphatic rings. The zero-order valence-corrected chi connectivity index (χ0v) is 18.0. The highest BCUT2D eigenvalue weighted by Gasteiger charge is 2.20. The molecule has 154 valence electrons. The van der Waals surface area contributed by atoms with Crippen LogP contribution < -0.4 is 10.6 Å². The maximum Gasteiger partial charge on any atom is 0.191 e. The van der Waals surface area contributed by atoms with Crippen LogP contribution in [0.5, 0.6) is 0 Å². The molecule has 1 aliphatic heterocycles. The van der Waals surface area contributed by atoms with Gasteiger partial charge in [0.15, 0.2) is 5.96 Å². The molecule has 6 nitrogen and oxygen atoms in total. The number of rotatable bonds is 9. The Morgan fingerprint density at radius 2 is 2.07 bits per heavy atom. The number of aliphatic imine (C=N–C) groups is 1. The van der Waals surface area contributed by atoms with Crippen molar-refractivity contribution in [2.45, 2.75) is 66.8 Å². The number of nitrogens with one attached hydrogen (secondary N) is 2. The van der Waals surface area contributed by atoms with Crippen LogP contribution in [-0.2, 0) is 19.4 Å². The van der Waals surface area contributed by atoms with Crippen molar-refractivity contribution in [3.05, 3.63) is 17.0 Å². The summed E-state index contributed by atoms with van der Waals surface area (Å²) in [6.07, 6.45) is 4.33. The van der Waals surface area contributed by atoms with Crippen molar-refractivity contribution >= 4 is 5.96 Å². The largest absolute Gasteiger partial charge is 0.361 e. The van der Waals surface area contributed by atoms with E-state index < -0.39 is 0 Å². The van der Waals surface area contributed by atoms with Gasteiger partial charge in [0, 0.05) is 38.2 Å². The number of piperidine rings is 1. The van der Waals surface area contributed by atoms with Crippen molar-refractivity contribution in [2.75, 3.05) is 32.7 Å². The molecule has 27 heavy (non-hydrogen) atoms. The van der Waals surface area contributed by atoms with Crippen LogP contribution in [-0.4, -0.2) is 48.7 Å². The first-order chi connectivity index (χ1) is 13.1. The van der Waals surface area contributed by atoms with Gasteiger partial charge in [0.25, 0.3) is 0 Å². The van der Waals surface area contributed by atoms with E-state index in [1.807, 2.05) is 0 Å². The summed E-state index contributed by atoms with van der Waals surface area (Å²) >= 11 is 0. The fraction of sp³-hybridized carbons (Fsp3) is 0.810. The summed E-state index contributed by atoms with van der Waals surface area (Å²) in [4.78, 5) is 7.42. The number of likely N-dealkylation sites (tertiary alicyclic amines) is 1. The zero-order chi connectivity index (χ0) is 19.6. The van der Waals surface area contributed by atoms with Crippen LogP contribution in [0, 0.1) is 11.8 Å². The molecule has 2 rings (SSSR count). The second kappa shape index (κ2) is 11.3. The third-order valence-corrected chi connectivity index (χ3v) is 5.13. The van der Waals surface area contributed by atoms with Crippen LogP contribution in [0.2, 0.25) is 0 Å². The van der Waals surface area contributed by atoms with Crippen molar-refractivity contribution in [1.82, 2.24) is 20.7 Å². The Kier molecular flexibility index (Phi) is 9.11. The third kappa shape index (κ3) is 6.83. The van der Waals surface area contributed by atoms with Crippen LogP contribution in [0.25, 0.3) is 0 Å². The molecule has 1 saturated heterocycles. The molecule has 0 bridgehead atoms. The molecule has 0 aliphatic carbocycles. The maximum atomic E-state index is 5.46. The fourth-order valence-electron chi connectivity index (χ4n) is 3.86. The van der Waals surface area contributed by atoms with E-state index in [-0.39, 0.29) is 0 Å². The number of guanidine groups is 1. The summed E-state index contributed by atoms with van der Waals surface area (Å²) in [5, 5.41) is 11.1. The molecular weight excluding hydrogens is 338 g/mol. The van der Waals surface area contributed by atoms with E-state index in [1.165, 1.54) is 32.5 Å². The lowest BCUT2D eigenvalue weighted by Crippen LogP contribution is -2.45. The molecular formula is C21H39N5O. The van der Waals surface area contributed by atoms with Crippen molar-refractivity contribution in [1.29, 1.82) is 0 Å². The van der Waals surface area contributed by atoms with E-state index in [0.29, 0.717) is 12.5 Å². The Balaban J connectivity index is 1.93. The molecule has 1 aromatic rings. The minimum absolute atomic E-state index is 0.620. The first-order valence-corrected chi connectivity index (χ1v) is 10.8. The molecule has 2 N–H and O–H groups in total. The van der Waals surface area contributed by atoms with E-state index in [9.17, 15) is 0 Å². The number of hydrogen-bond acceptors (Lipinski definition) is 4. The van der Waals surface area contributed by atoms with E-state index in [0.717, 1.165) is 54.8 Å². The second-order valence-corrected chi connectivity index (χ2v) is 7.98. The SMILES string of the molecule is CCNC(=NCc1c(CC)noc1CC)NCC1CCCN(CC(C)C)C1. The predicted octanol–water partition coefficient (Wildman–Crippen LogP) is 3.22. The van der Waals surface area contributed by atoms with Gasteiger partial charge >= 0.3 is 0 Å². The van der Waals surface area contributed by atoms with Crippen molar-refractivity contribution in [3.63, 3.8) is 0 Å². The summed E-state index contributed by atoms with van der Waals surface area (Å²) in [6, 6.07) is 0. The van der Waals surface area contributed by atoms with Crippen molar-refractivity contribution in [2.24, 2.45) is 16.8 Å². The Hall–Kier alpha value is -1.56. The topological polar surface area (TPSA) is 65.7 Å². The van der Waals surface area contributed by atoms with Crippen LogP contribution in [0.15, 0.2) is 9.52 Å². The average Bonchev–Trinajstić information content (AvgIpc) is 3.05. The van der Waals surface area contributed by atoms with Gasteiger partial charge in [-0.25, -0.2) is 4.99 Å². The summed E-state index contributed by atoms with van der Waals surface area (Å²) in [5.41, 5.74) is 2.18. The highest BCUT2D eigenvalue weighted by molar-refractivity contribution is 5.79. The number of aromatic nitrogens is 1. The van der Waals surface area contributed by atoms with Gasteiger partial charge in [-0.2, -0.15) is 0 Å². The van der Waals surface area contributed by atoms with Crippen LogP contribution in [0.1, 0.15) is 64.5 Å². The van der Waals surface area contributed by atoms with Gasteiger partial charge in [0.05, 0.1) is 12.2 Å². The highest BCUT2D eigenvalue weighted by Crippen LogP contribution is 2.18. The van der Waals surface area contributed by atoms with Gasteiger partial charge in [0.2, 0.25) is 0 Å². The van der Waals surface area contributed by atoms with Crippen LogP contribution in [0.3, 0.4) is 0 Å². The number of aryl methyl sites for hydroxylation is 2. The lowest BCUT2D eigenvalue weighted by atomic mass is 9.97. The summed E-state index contributed by atoms with van der Waals surface area (Å²) in [7, 11) is 0. The molecule has 0 aromatic carbocycles. The standard InChI is InChI=1S/C21H39N5O/c1-6-19-18(20(7-2)27-25-19)13-24-21(22-8-3)23-12-17-10-9-11-26(15-17)14-16(4)5/h16-17H,6-15H2,1-5H3,(H2,22,23,24). The summed E-state index contributed by atoms with van der Waals surface area (Å²) in [6.45, 7) is 17.0. The quantitative estimate of drug-likeness (QED) is 0.511. The third-order valence-electron chi connectivity index (χ3n) is 5.13. The fourth-order valence-corrected chi connectivity index (χ4v) is 3.86. The van der Waals surface area contributed by atoms with Gasteiger partial charge < -0.3 is 20.1 Å². The van der Waals surface area contributed by atoms with Gasteiger partial charge in [-0.3, -0.25) is 0 Å². The highest BCUT2D eigenvalue weighted by atomic mass is 16.5. The monoisotopic (exact) mass is 377 g/mol. The summed E-state index contributed by atoms with van der Waals surface area (Å²) < 4.78 is 5.46. The molecule has 1 unspecified atom stereocenters. The molecule has 0 saturated carbocycles. The second-order valence-electron chi connectivity index (χ2n) is 7.98. The van der Waals surface area contributed by atoms with E-state index in [4.69, 9.17) is 9.52 Å². The van der Waals surface area contributed by atoms with Gasteiger partial charge in [-0.05, 0) is 44.6 Å². The minimum Gasteiger partial charge on any atom is -0.361 e. The predicted molar refractivity (Wildman–Crippen MR) is 112 cm³/mol. The Morgan fingerprint density at radius 1 is 1.26 bits per heavy atom. The van der Waals surface area contributed by atoms with Gasteiger partial charge in [0.1, 0.15) is 5.76 Å². The Labute approximate surface area is 165 Å². The number of hydrogen-bond donors (Lipinski definition) is 2. The van der Waals surface area contributed by atoms with E-state index in [1.54, 1.807) is 0 Å². The van der Waals surface area contributed by atoms with Crippen LogP contribution in [0.4, 0.5) is 0 Å². The smallest absolute Gasteiger partial charge is 0.191 e. The minimum atomic E-state index is 0.620. The lowest BCUT2D eigenvalue weighted by Gasteiger charge is -2.34. The Morgan fingerprint density at radius 3 is 2.74 bits per heavy atom. The van der Waals surface area contributed by atoms with Crippen molar-refractivity contribution < 1.29 is 4.52 Å². The zero-order valence-electron chi connectivity index (χ0n) is 18.0. The maximum absolute atomic E-state index is 5.46. The van der Waals surface area contributed by atoms with E-state index >= 15 is 0 Å². The number of nitrogens with zero attached hydrogens (tertiary/aromatic N) is 3. The summed E-state index contributed by atoms with van der Waals surface area (Å²) in [5.74, 6) is 3.28. The van der Waals surface area contributed by atoms with Gasteiger partial charge in [-0.1, -0.05) is 32.9 Å². The Bertz CT molecular complexity index is 560. The van der Waals surface area contributed by atoms with Gasteiger partial charge in [-0.15, -0.1) is 0 Å². The van der Waals surface area contributed by atoms with Crippen molar-refractivity contribution in [3.8, 4) is 0 Å². The molecule has 1 fully saturated rings. The van der Waals surface area contributed by atoms with E-state index in [2.05, 4.69) is 55.3 Å². The molecule has 1 aromatic heterocycles. The lowest BCUT2D eigenvalue weighted by molar-refractivity contribution is 0.159. The van der Waals surface area contributed by atoms with Crippen LogP contribution >= 0.6 is 0 Å². The first-order valence-electron chi connectivity index (χ1n) is 10.8. The molecule has 0 radical (unpaired) electrons. The molecule has 2 heterocycles. The normalized spacial score (nSPS) is 18.9. The first kappa shape index (κ1) is 21.7. The average molecular weight is 378 g/mol.